The number of amides is 1. The summed E-state index contributed by atoms with van der Waals surface area (Å²) >= 11 is 1.24. The molecule has 1 saturated heterocycles. The summed E-state index contributed by atoms with van der Waals surface area (Å²) in [6.07, 6.45) is 8.21. The number of aryl methyl sites for hydroxylation is 1. The van der Waals surface area contributed by atoms with E-state index in [1.165, 1.54) is 28.4 Å². The number of aliphatic hydroxyl groups excluding tert-OH is 1. The first-order valence-corrected chi connectivity index (χ1v) is 15.3. The molecule has 0 unspecified atom stereocenters. The summed E-state index contributed by atoms with van der Waals surface area (Å²) in [5.41, 5.74) is 1.19. The minimum Gasteiger partial charge on any atom is -0.496 e. The Morgan fingerprint density at radius 2 is 2.00 bits per heavy atom. The largest absolute Gasteiger partial charge is 0.496 e. The van der Waals surface area contributed by atoms with E-state index in [0.717, 1.165) is 10.1 Å². The van der Waals surface area contributed by atoms with Crippen molar-refractivity contribution in [3.63, 3.8) is 0 Å². The second kappa shape index (κ2) is 12.9. The van der Waals surface area contributed by atoms with Crippen LogP contribution in [0.15, 0.2) is 62.1 Å². The van der Waals surface area contributed by atoms with Gasteiger partial charge in [-0.15, -0.1) is 11.3 Å². The number of methoxy groups -OCH3 is 1. The number of allylic oxidation sites excluding steroid dienone is 2. The predicted molar refractivity (Wildman–Crippen MR) is 164 cm³/mol. The number of carbonyl (C=O) groups excluding carboxylic acids is 1. The van der Waals surface area contributed by atoms with E-state index in [1.807, 2.05) is 19.9 Å². The van der Waals surface area contributed by atoms with Gasteiger partial charge in [0.15, 0.2) is 0 Å². The Balaban J connectivity index is 1.74. The Labute approximate surface area is 253 Å². The Bertz CT molecular complexity index is 1680. The molecule has 3 aromatic rings. The van der Waals surface area contributed by atoms with E-state index in [0.29, 0.717) is 76.5 Å². The van der Waals surface area contributed by atoms with Crippen LogP contribution in [0.5, 0.6) is 0 Å². The van der Waals surface area contributed by atoms with Gasteiger partial charge in [-0.25, -0.2) is 14.3 Å². The van der Waals surface area contributed by atoms with E-state index in [9.17, 15) is 19.5 Å². The van der Waals surface area contributed by atoms with E-state index in [2.05, 4.69) is 16.9 Å². The molecule has 2 fully saturated rings. The first-order chi connectivity index (χ1) is 20.6. The van der Waals surface area contributed by atoms with Crippen LogP contribution in [0.4, 0.5) is 0 Å². The lowest BCUT2D eigenvalue weighted by Gasteiger charge is -2.31. The molecule has 1 amide bonds. The SMILES string of the molecule is C=C/C(OC)=C(\C=C(C)C)[C@H](Cn1c(=O)n([C@@H]2CCNC2=O)c(=O)c2c(C)c(-c3ncco3)sc21)OC1CCC(O)CC1. The molecular formula is C31H38N4O7S. The summed E-state index contributed by atoms with van der Waals surface area (Å²) in [5.74, 6) is 0.477. The molecule has 3 aromatic heterocycles. The number of thiophene rings is 1. The fraction of sp³-hybridized carbons (Fsp3) is 0.484. The molecule has 43 heavy (non-hydrogen) atoms. The highest BCUT2D eigenvalue weighted by Gasteiger charge is 2.34. The zero-order chi connectivity index (χ0) is 30.8. The molecule has 1 aliphatic heterocycles. The fourth-order valence-electron chi connectivity index (χ4n) is 5.91. The van der Waals surface area contributed by atoms with Crippen LogP contribution >= 0.6 is 11.3 Å². The quantitative estimate of drug-likeness (QED) is 0.260. The number of ether oxygens (including phenoxy) is 2. The molecule has 2 atom stereocenters. The van der Waals surface area contributed by atoms with Crippen LogP contribution in [0.3, 0.4) is 0 Å². The third-order valence-corrected chi connectivity index (χ3v) is 9.33. The fourth-order valence-corrected chi connectivity index (χ4v) is 7.16. The van der Waals surface area contributed by atoms with Gasteiger partial charge in [0.25, 0.3) is 5.56 Å². The molecule has 2 N–H and O–H groups in total. The predicted octanol–water partition coefficient (Wildman–Crippen LogP) is 3.99. The first-order valence-electron chi connectivity index (χ1n) is 14.5. The van der Waals surface area contributed by atoms with Gasteiger partial charge in [-0.2, -0.15) is 0 Å². The van der Waals surface area contributed by atoms with Crippen LogP contribution < -0.4 is 16.6 Å². The molecular weight excluding hydrogens is 572 g/mol. The van der Waals surface area contributed by atoms with Gasteiger partial charge in [0, 0.05) is 12.1 Å². The Hall–Kier alpha value is -3.74. The maximum absolute atomic E-state index is 14.3. The average molecular weight is 611 g/mol. The molecule has 0 radical (unpaired) electrons. The van der Waals surface area contributed by atoms with Gasteiger partial charge in [-0.1, -0.05) is 18.2 Å². The third kappa shape index (κ3) is 6.04. The van der Waals surface area contributed by atoms with E-state index in [4.69, 9.17) is 13.9 Å². The maximum atomic E-state index is 14.3. The Kier molecular flexibility index (Phi) is 9.19. The van der Waals surface area contributed by atoms with Crippen molar-refractivity contribution in [3.8, 4) is 10.8 Å². The molecule has 2 aliphatic rings. The van der Waals surface area contributed by atoms with Crippen LogP contribution in [-0.2, 0) is 20.8 Å². The summed E-state index contributed by atoms with van der Waals surface area (Å²) in [6.45, 7) is 10.1. The van der Waals surface area contributed by atoms with Crippen LogP contribution in [0, 0.1) is 6.92 Å². The molecule has 11 nitrogen and oxygen atoms in total. The summed E-state index contributed by atoms with van der Waals surface area (Å²) in [6, 6.07) is -0.921. The number of aliphatic hydroxyl groups is 1. The van der Waals surface area contributed by atoms with Crippen LogP contribution in [-0.4, -0.2) is 57.1 Å². The number of hydrogen-bond acceptors (Lipinski definition) is 9. The molecule has 0 aromatic carbocycles. The van der Waals surface area contributed by atoms with Gasteiger partial charge in [0.05, 0.1) is 42.3 Å². The normalized spacial score (nSPS) is 21.8. The standard InChI is InChI=1S/C31H38N4O7S/c1-6-23(40-5)21(15-17(2)3)24(42-20-9-7-19(36)8-10-20)16-34-30-25(18(4)26(43-30)28-33-13-14-41-28)29(38)35(31(34)39)22-11-12-32-27(22)37/h6,13-15,19-20,22,24,36H,1,7-12,16H2,2-5H3,(H,32,37)/b23-21-/t19?,20?,22-,24+/m1/s1. The molecule has 0 spiro atoms. The number of fused-ring (bicyclic) bond motifs is 1. The van der Waals surface area contributed by atoms with Gasteiger partial charge >= 0.3 is 5.69 Å². The van der Waals surface area contributed by atoms with Gasteiger partial charge < -0.3 is 24.3 Å². The number of aromatic nitrogens is 3. The minimum absolute atomic E-state index is 0.0355. The number of nitrogens with zero attached hydrogens (tertiary/aromatic N) is 3. The summed E-state index contributed by atoms with van der Waals surface area (Å²) in [7, 11) is 1.55. The van der Waals surface area contributed by atoms with Crippen LogP contribution in [0.25, 0.3) is 21.0 Å². The number of hydrogen-bond donors (Lipinski definition) is 2. The zero-order valence-electron chi connectivity index (χ0n) is 24.9. The monoisotopic (exact) mass is 610 g/mol. The number of carbonyl (C=O) groups is 1. The summed E-state index contributed by atoms with van der Waals surface area (Å²) in [4.78, 5) is 46.4. The van der Waals surface area contributed by atoms with Crippen molar-refractivity contribution in [1.29, 1.82) is 0 Å². The van der Waals surface area contributed by atoms with Crippen molar-refractivity contribution in [2.24, 2.45) is 0 Å². The van der Waals surface area contributed by atoms with E-state index in [-0.39, 0.29) is 24.7 Å². The van der Waals surface area contributed by atoms with Crippen LogP contribution in [0.2, 0.25) is 0 Å². The maximum Gasteiger partial charge on any atom is 0.332 e. The molecule has 1 aliphatic carbocycles. The molecule has 12 heteroatoms. The van der Waals surface area contributed by atoms with Gasteiger partial charge in [-0.3, -0.25) is 14.2 Å². The lowest BCUT2D eigenvalue weighted by Crippen LogP contribution is -2.45. The molecule has 0 bridgehead atoms. The second-order valence-corrected chi connectivity index (χ2v) is 12.2. The summed E-state index contributed by atoms with van der Waals surface area (Å²) < 4.78 is 20.6. The van der Waals surface area contributed by atoms with E-state index in [1.54, 1.807) is 20.1 Å². The number of oxazole rings is 1. The van der Waals surface area contributed by atoms with Crippen molar-refractivity contribution >= 4 is 27.5 Å². The van der Waals surface area contributed by atoms with E-state index < -0.39 is 23.4 Å². The number of rotatable bonds is 10. The van der Waals surface area contributed by atoms with Crippen molar-refractivity contribution < 1.29 is 23.8 Å². The highest BCUT2D eigenvalue weighted by atomic mass is 32.1. The first kappa shape index (κ1) is 30.7. The van der Waals surface area contributed by atoms with Crippen molar-refractivity contribution in [2.75, 3.05) is 13.7 Å². The smallest absolute Gasteiger partial charge is 0.332 e. The Morgan fingerprint density at radius 1 is 1.26 bits per heavy atom. The number of nitrogens with one attached hydrogen (secondary N) is 1. The summed E-state index contributed by atoms with van der Waals surface area (Å²) in [5, 5.41) is 13.2. The van der Waals surface area contributed by atoms with E-state index >= 15 is 0 Å². The third-order valence-electron chi connectivity index (χ3n) is 8.03. The van der Waals surface area contributed by atoms with Crippen LogP contribution in [0.1, 0.15) is 57.6 Å². The van der Waals surface area contributed by atoms with Gasteiger partial charge in [0.2, 0.25) is 11.8 Å². The molecule has 1 saturated carbocycles. The lowest BCUT2D eigenvalue weighted by molar-refractivity contribution is -0.122. The average Bonchev–Trinajstić information content (AvgIpc) is 3.73. The van der Waals surface area contributed by atoms with Crippen molar-refractivity contribution in [1.82, 2.24) is 19.4 Å². The van der Waals surface area contributed by atoms with Gasteiger partial charge in [0.1, 0.15) is 29.0 Å². The molecule has 230 valence electrons. The topological polar surface area (TPSA) is 138 Å². The lowest BCUT2D eigenvalue weighted by atomic mass is 9.94. The Morgan fingerprint density at radius 3 is 2.58 bits per heavy atom. The highest BCUT2D eigenvalue weighted by Crippen LogP contribution is 2.36. The molecule has 4 heterocycles. The zero-order valence-corrected chi connectivity index (χ0v) is 25.7. The molecule has 5 rings (SSSR count). The van der Waals surface area contributed by atoms with Gasteiger partial charge in [-0.05, 0) is 64.5 Å². The highest BCUT2D eigenvalue weighted by molar-refractivity contribution is 7.22. The minimum atomic E-state index is -0.921. The van der Waals surface area contributed by atoms with Crippen molar-refractivity contribution in [3.05, 3.63) is 74.5 Å². The second-order valence-electron chi connectivity index (χ2n) is 11.2. The van der Waals surface area contributed by atoms with Crippen molar-refractivity contribution in [2.45, 2.75) is 83.8 Å².